The molecule has 2 aromatic carbocycles. The van der Waals surface area contributed by atoms with Crippen molar-refractivity contribution in [2.75, 3.05) is 18.4 Å². The van der Waals surface area contributed by atoms with Crippen molar-refractivity contribution in [2.45, 2.75) is 23.7 Å². The third-order valence-corrected chi connectivity index (χ3v) is 6.24. The fraction of sp³-hybridized carbons (Fsp3) is 0.278. The largest absolute Gasteiger partial charge is 0.506 e. The highest BCUT2D eigenvalue weighted by Gasteiger charge is 2.41. The van der Waals surface area contributed by atoms with E-state index < -0.39 is 38.9 Å². The second kappa shape index (κ2) is 7.24. The van der Waals surface area contributed by atoms with Crippen LogP contribution in [0.3, 0.4) is 0 Å². The maximum absolute atomic E-state index is 14.3. The highest BCUT2D eigenvalue weighted by Crippen LogP contribution is 2.33. The van der Waals surface area contributed by atoms with Crippen LogP contribution < -0.4 is 5.32 Å². The fourth-order valence-corrected chi connectivity index (χ4v) is 4.38. The van der Waals surface area contributed by atoms with Crippen LogP contribution in [0.5, 0.6) is 5.75 Å². The van der Waals surface area contributed by atoms with E-state index in [1.54, 1.807) is 0 Å². The van der Waals surface area contributed by atoms with E-state index in [2.05, 4.69) is 0 Å². The van der Waals surface area contributed by atoms with Crippen molar-refractivity contribution in [3.8, 4) is 5.75 Å². The average molecular weight is 396 g/mol. The van der Waals surface area contributed by atoms with Gasteiger partial charge in [-0.2, -0.15) is 13.1 Å². The number of phenolic OH excluding ortho intramolecular Hbond substituents is 1. The second-order valence-electron chi connectivity index (χ2n) is 6.18. The Bertz CT molecular complexity index is 943. The van der Waals surface area contributed by atoms with Crippen molar-refractivity contribution < 1.29 is 27.1 Å². The number of benzene rings is 2. The lowest BCUT2D eigenvalue weighted by molar-refractivity contribution is -0.140. The van der Waals surface area contributed by atoms with Gasteiger partial charge in [-0.3, -0.25) is 4.79 Å². The summed E-state index contributed by atoms with van der Waals surface area (Å²) in [6.07, 6.45) is 1.48. The Balaban J connectivity index is 1.88. The van der Waals surface area contributed by atoms with Gasteiger partial charge < -0.3 is 10.4 Å². The summed E-state index contributed by atoms with van der Waals surface area (Å²) < 4.78 is 55.1. The number of carbonyl (C=O) groups excluding carboxylic acids is 1. The number of rotatable bonds is 5. The lowest BCUT2D eigenvalue weighted by Gasteiger charge is -2.19. The summed E-state index contributed by atoms with van der Waals surface area (Å²) in [5, 5.41) is 11.8. The Morgan fingerprint density at radius 1 is 1.07 bits per heavy atom. The molecule has 2 aromatic rings. The second-order valence-corrected chi connectivity index (χ2v) is 8.12. The first kappa shape index (κ1) is 19.2. The van der Waals surface area contributed by atoms with Gasteiger partial charge in [-0.1, -0.05) is 30.3 Å². The predicted octanol–water partition coefficient (Wildman–Crippen LogP) is 2.91. The lowest BCUT2D eigenvalue weighted by Crippen LogP contribution is -2.32. The number of alkyl halides is 2. The van der Waals surface area contributed by atoms with Crippen LogP contribution in [0.15, 0.2) is 53.4 Å². The Labute approximate surface area is 155 Å². The first-order chi connectivity index (χ1) is 12.7. The number of phenols is 1. The smallest absolute Gasteiger partial charge is 0.350 e. The number of aromatic hydroxyl groups is 1. The molecule has 2 N–H and O–H groups in total. The maximum atomic E-state index is 14.3. The third kappa shape index (κ3) is 3.79. The van der Waals surface area contributed by atoms with E-state index in [1.165, 1.54) is 28.6 Å². The van der Waals surface area contributed by atoms with Crippen molar-refractivity contribution in [2.24, 2.45) is 0 Å². The summed E-state index contributed by atoms with van der Waals surface area (Å²) in [4.78, 5) is 11.9. The molecule has 1 heterocycles. The number of halogens is 2. The zero-order chi connectivity index (χ0) is 19.7. The topological polar surface area (TPSA) is 86.7 Å². The number of carbonyl (C=O) groups is 1. The molecule has 1 saturated heterocycles. The van der Waals surface area contributed by atoms with Crippen LogP contribution >= 0.6 is 0 Å². The van der Waals surface area contributed by atoms with E-state index in [9.17, 15) is 27.1 Å². The average Bonchev–Trinajstić information content (AvgIpc) is 3.19. The van der Waals surface area contributed by atoms with Gasteiger partial charge in [-0.25, -0.2) is 8.42 Å². The molecule has 1 aliphatic rings. The summed E-state index contributed by atoms with van der Waals surface area (Å²) in [6.45, 7) is 0.744. The van der Waals surface area contributed by atoms with E-state index in [0.717, 1.165) is 37.1 Å². The molecule has 0 aliphatic carbocycles. The monoisotopic (exact) mass is 396 g/mol. The first-order valence-electron chi connectivity index (χ1n) is 8.31. The third-order valence-electron chi connectivity index (χ3n) is 4.34. The van der Waals surface area contributed by atoms with Crippen LogP contribution in [0.25, 0.3) is 0 Å². The molecule has 0 radical (unpaired) electrons. The Kier molecular flexibility index (Phi) is 5.16. The number of nitrogens with zero attached hydrogens (tertiary/aromatic N) is 1. The number of nitrogens with one attached hydrogen (secondary N) is 1. The molecule has 144 valence electrons. The highest BCUT2D eigenvalue weighted by molar-refractivity contribution is 7.89. The Hall–Kier alpha value is -2.52. The van der Waals surface area contributed by atoms with E-state index in [-0.39, 0.29) is 4.90 Å². The molecule has 3 rings (SSSR count). The molecule has 0 bridgehead atoms. The summed E-state index contributed by atoms with van der Waals surface area (Å²) in [7, 11) is -3.82. The number of amides is 1. The molecule has 0 atom stereocenters. The molecule has 0 saturated carbocycles. The van der Waals surface area contributed by atoms with Gasteiger partial charge >= 0.3 is 5.92 Å². The van der Waals surface area contributed by atoms with Gasteiger partial charge in [0.25, 0.3) is 5.91 Å². The molecule has 1 fully saturated rings. The molecule has 27 heavy (non-hydrogen) atoms. The van der Waals surface area contributed by atoms with E-state index in [4.69, 9.17) is 0 Å². The van der Waals surface area contributed by atoms with E-state index in [1.807, 2.05) is 5.32 Å². The van der Waals surface area contributed by atoms with Gasteiger partial charge in [-0.15, -0.1) is 0 Å². The fourth-order valence-electron chi connectivity index (χ4n) is 2.83. The summed E-state index contributed by atoms with van der Waals surface area (Å²) in [5.74, 6) is -6.02. The van der Waals surface area contributed by atoms with Crippen LogP contribution in [0.4, 0.5) is 14.5 Å². The van der Waals surface area contributed by atoms with Crippen LogP contribution in [-0.2, 0) is 20.7 Å². The Morgan fingerprint density at radius 2 is 1.70 bits per heavy atom. The van der Waals surface area contributed by atoms with Gasteiger partial charge in [-0.05, 0) is 31.0 Å². The quantitative estimate of drug-likeness (QED) is 0.761. The number of hydrogen-bond donors (Lipinski definition) is 2. The van der Waals surface area contributed by atoms with Crippen molar-refractivity contribution in [3.63, 3.8) is 0 Å². The van der Waals surface area contributed by atoms with Crippen LogP contribution in [-0.4, -0.2) is 36.8 Å². The van der Waals surface area contributed by atoms with Gasteiger partial charge in [0.05, 0.1) is 10.6 Å². The predicted molar refractivity (Wildman–Crippen MR) is 95.1 cm³/mol. The molecule has 0 unspecified atom stereocenters. The number of hydrogen-bond acceptors (Lipinski definition) is 4. The van der Waals surface area contributed by atoms with Crippen molar-refractivity contribution in [1.29, 1.82) is 0 Å². The Morgan fingerprint density at radius 3 is 2.33 bits per heavy atom. The SMILES string of the molecule is O=C(Nc1cc(S(=O)(=O)N2CCCC2)ccc1O)C(F)(F)c1ccccc1. The van der Waals surface area contributed by atoms with Gasteiger partial charge in [0, 0.05) is 18.7 Å². The van der Waals surface area contributed by atoms with Crippen LogP contribution in [0, 0.1) is 0 Å². The molecule has 6 nitrogen and oxygen atoms in total. The van der Waals surface area contributed by atoms with Crippen LogP contribution in [0.2, 0.25) is 0 Å². The summed E-state index contributed by atoms with van der Waals surface area (Å²) in [6, 6.07) is 9.71. The summed E-state index contributed by atoms with van der Waals surface area (Å²) in [5.41, 5.74) is -0.904. The number of sulfonamides is 1. The number of anilines is 1. The minimum atomic E-state index is -3.85. The molecule has 0 aromatic heterocycles. The minimum absolute atomic E-state index is 0.180. The van der Waals surface area contributed by atoms with Gasteiger partial charge in [0.2, 0.25) is 10.0 Å². The van der Waals surface area contributed by atoms with E-state index in [0.29, 0.717) is 13.1 Å². The lowest BCUT2D eigenvalue weighted by atomic mass is 10.1. The van der Waals surface area contributed by atoms with Gasteiger partial charge in [0.1, 0.15) is 5.75 Å². The molecule has 0 spiro atoms. The molecule has 1 amide bonds. The molecular weight excluding hydrogens is 378 g/mol. The molecule has 9 heteroatoms. The molecule has 1 aliphatic heterocycles. The van der Waals surface area contributed by atoms with Crippen molar-refractivity contribution in [1.82, 2.24) is 4.31 Å². The zero-order valence-corrected chi connectivity index (χ0v) is 15.0. The van der Waals surface area contributed by atoms with E-state index >= 15 is 0 Å². The normalized spacial score (nSPS) is 15.6. The highest BCUT2D eigenvalue weighted by atomic mass is 32.2. The van der Waals surface area contributed by atoms with Crippen LogP contribution in [0.1, 0.15) is 18.4 Å². The zero-order valence-electron chi connectivity index (χ0n) is 14.2. The van der Waals surface area contributed by atoms with Crippen molar-refractivity contribution in [3.05, 3.63) is 54.1 Å². The standard InChI is InChI=1S/C18H18F2N2O4S/c19-18(20,13-6-2-1-3-7-13)17(24)21-15-12-14(8-9-16(15)23)27(25,26)22-10-4-5-11-22/h1-3,6-9,12,23H,4-5,10-11H2,(H,21,24). The molecular formula is C18H18F2N2O4S. The minimum Gasteiger partial charge on any atom is -0.506 e. The maximum Gasteiger partial charge on any atom is 0.350 e. The van der Waals surface area contributed by atoms with Gasteiger partial charge in [0.15, 0.2) is 0 Å². The summed E-state index contributed by atoms with van der Waals surface area (Å²) >= 11 is 0. The van der Waals surface area contributed by atoms with Crippen molar-refractivity contribution >= 4 is 21.6 Å². The first-order valence-corrected chi connectivity index (χ1v) is 9.75.